The molecule has 1 heterocycles. The molecule has 18 heavy (non-hydrogen) atoms. The van der Waals surface area contributed by atoms with Crippen LogP contribution in [-0.2, 0) is 14.3 Å². The highest BCUT2D eigenvalue weighted by atomic mass is 16.5. The third-order valence-corrected chi connectivity index (χ3v) is 3.69. The van der Waals surface area contributed by atoms with Crippen LogP contribution in [0.2, 0.25) is 0 Å². The summed E-state index contributed by atoms with van der Waals surface area (Å²) in [6.45, 7) is 6.52. The smallest absolute Gasteiger partial charge is 0.333 e. The van der Waals surface area contributed by atoms with E-state index < -0.39 is 0 Å². The van der Waals surface area contributed by atoms with Gasteiger partial charge in [-0.3, -0.25) is 0 Å². The summed E-state index contributed by atoms with van der Waals surface area (Å²) in [7, 11) is 0. The topological polar surface area (TPSA) is 57.5 Å². The monoisotopic (exact) mass is 253 g/mol. The van der Waals surface area contributed by atoms with E-state index in [1.165, 1.54) is 0 Å². The first-order valence-corrected chi connectivity index (χ1v) is 6.98. The predicted molar refractivity (Wildman–Crippen MR) is 69.3 cm³/mol. The van der Waals surface area contributed by atoms with Crippen molar-refractivity contribution in [2.24, 2.45) is 0 Å². The lowest BCUT2D eigenvalue weighted by molar-refractivity contribution is -0.138. The summed E-state index contributed by atoms with van der Waals surface area (Å²) >= 11 is 0. The first-order valence-electron chi connectivity index (χ1n) is 6.98. The maximum absolute atomic E-state index is 11.8. The number of nitrogens with one attached hydrogen (secondary N) is 1. The molecule has 1 saturated heterocycles. The molecule has 2 aliphatic rings. The molecule has 0 unspecified atom stereocenters. The van der Waals surface area contributed by atoms with Crippen LogP contribution < -0.4 is 5.32 Å². The minimum atomic E-state index is -0.192. The van der Waals surface area contributed by atoms with Gasteiger partial charge >= 0.3 is 5.97 Å². The van der Waals surface area contributed by atoms with Crippen LogP contribution in [0, 0.1) is 0 Å². The highest BCUT2D eigenvalue weighted by molar-refractivity contribution is 5.89. The maximum Gasteiger partial charge on any atom is 0.333 e. The zero-order chi connectivity index (χ0) is 13.1. The summed E-state index contributed by atoms with van der Waals surface area (Å²) in [5.41, 5.74) is 0.763. The zero-order valence-corrected chi connectivity index (χ0v) is 11.4. The van der Waals surface area contributed by atoms with Crippen molar-refractivity contribution in [2.75, 3.05) is 6.61 Å². The summed E-state index contributed by atoms with van der Waals surface area (Å²) in [6.07, 6.45) is 5.04. The lowest BCUT2D eigenvalue weighted by Gasteiger charge is -2.23. The van der Waals surface area contributed by atoms with Gasteiger partial charge in [-0.1, -0.05) is 13.8 Å². The van der Waals surface area contributed by atoms with Crippen molar-refractivity contribution in [1.82, 2.24) is 5.32 Å². The van der Waals surface area contributed by atoms with Gasteiger partial charge in [-0.15, -0.1) is 0 Å². The van der Waals surface area contributed by atoms with Crippen molar-refractivity contribution in [1.29, 1.82) is 0 Å². The van der Waals surface area contributed by atoms with Crippen LogP contribution in [0.5, 0.6) is 0 Å². The summed E-state index contributed by atoms with van der Waals surface area (Å²) in [6, 6.07) is 0.789. The molecule has 0 radical (unpaired) electrons. The van der Waals surface area contributed by atoms with E-state index in [2.05, 4.69) is 19.2 Å². The second-order valence-electron chi connectivity index (χ2n) is 4.95. The Morgan fingerprint density at radius 2 is 2.17 bits per heavy atom. The van der Waals surface area contributed by atoms with E-state index >= 15 is 0 Å². The average Bonchev–Trinajstić information content (AvgIpc) is 3.15. The minimum Gasteiger partial charge on any atom is -0.463 e. The molecule has 1 aliphatic carbocycles. The van der Waals surface area contributed by atoms with E-state index in [-0.39, 0.29) is 18.2 Å². The minimum absolute atomic E-state index is 0.0213. The van der Waals surface area contributed by atoms with Crippen molar-refractivity contribution in [3.63, 3.8) is 0 Å². The normalized spacial score (nSPS) is 29.8. The first-order chi connectivity index (χ1) is 8.69. The number of esters is 1. The Morgan fingerprint density at radius 1 is 1.44 bits per heavy atom. The van der Waals surface area contributed by atoms with E-state index in [0.717, 1.165) is 24.8 Å². The molecule has 102 valence electrons. The molecule has 1 aliphatic heterocycles. The van der Waals surface area contributed by atoms with E-state index in [1.54, 1.807) is 0 Å². The molecule has 0 aromatic rings. The Labute approximate surface area is 109 Å². The number of carbonyl (C=O) groups is 1. The van der Waals surface area contributed by atoms with Crippen molar-refractivity contribution >= 4 is 5.97 Å². The second-order valence-corrected chi connectivity index (χ2v) is 4.95. The second kappa shape index (κ2) is 5.85. The van der Waals surface area contributed by atoms with Gasteiger partial charge in [-0.05, 0) is 32.3 Å². The van der Waals surface area contributed by atoms with Gasteiger partial charge in [0.05, 0.1) is 24.9 Å². The van der Waals surface area contributed by atoms with Crippen molar-refractivity contribution in [3.8, 4) is 0 Å². The number of ether oxygens (including phenoxy) is 2. The molecule has 0 amide bonds. The summed E-state index contributed by atoms with van der Waals surface area (Å²) in [4.78, 5) is 11.8. The number of rotatable bonds is 6. The van der Waals surface area contributed by atoms with Gasteiger partial charge in [-0.2, -0.15) is 0 Å². The van der Waals surface area contributed by atoms with Crippen molar-refractivity contribution in [2.45, 2.75) is 64.3 Å². The lowest BCUT2D eigenvalue weighted by Crippen LogP contribution is -2.30. The van der Waals surface area contributed by atoms with Crippen LogP contribution >= 0.6 is 0 Å². The van der Waals surface area contributed by atoms with Crippen LogP contribution in [0.3, 0.4) is 0 Å². The van der Waals surface area contributed by atoms with E-state index in [1.807, 2.05) is 13.0 Å². The molecule has 4 nitrogen and oxygen atoms in total. The molecule has 3 atom stereocenters. The van der Waals surface area contributed by atoms with Crippen LogP contribution in [0.4, 0.5) is 0 Å². The largest absolute Gasteiger partial charge is 0.463 e. The predicted octanol–water partition coefficient (Wildman–Crippen LogP) is 1.79. The fourth-order valence-corrected chi connectivity index (χ4v) is 2.51. The number of carbonyl (C=O) groups excluding carboxylic acids is 1. The lowest BCUT2D eigenvalue weighted by atomic mass is 9.97. The zero-order valence-electron chi connectivity index (χ0n) is 11.4. The molecule has 0 saturated carbocycles. The Morgan fingerprint density at radius 3 is 2.78 bits per heavy atom. The summed E-state index contributed by atoms with van der Waals surface area (Å²) < 4.78 is 11.1. The van der Waals surface area contributed by atoms with Crippen LogP contribution in [-0.4, -0.2) is 36.9 Å². The number of hydrogen-bond donors (Lipinski definition) is 1. The van der Waals surface area contributed by atoms with Gasteiger partial charge in [0.1, 0.15) is 0 Å². The third kappa shape index (κ3) is 2.93. The molecule has 2 rings (SSSR count). The van der Waals surface area contributed by atoms with Gasteiger partial charge in [0.2, 0.25) is 0 Å². The Bertz CT molecular complexity index is 336. The number of hydrogen-bond acceptors (Lipinski definition) is 4. The Balaban J connectivity index is 2.00. The van der Waals surface area contributed by atoms with Crippen LogP contribution in [0.15, 0.2) is 11.6 Å². The quantitative estimate of drug-likeness (QED) is 0.579. The molecule has 4 heteroatoms. The molecule has 0 aromatic heterocycles. The molecule has 0 spiro atoms. The van der Waals surface area contributed by atoms with Crippen LogP contribution in [0.1, 0.15) is 40.0 Å². The van der Waals surface area contributed by atoms with E-state index in [0.29, 0.717) is 18.7 Å². The fourth-order valence-electron chi connectivity index (χ4n) is 2.51. The Hall–Kier alpha value is -0.870. The summed E-state index contributed by atoms with van der Waals surface area (Å²) in [5, 5.41) is 3.38. The summed E-state index contributed by atoms with van der Waals surface area (Å²) in [5.74, 6) is -0.192. The SMILES string of the molecule is CCOC(=O)C1=C[C@@H](OC(CC)CC)[C@H]2N[C@@H]2C1. The van der Waals surface area contributed by atoms with Gasteiger partial charge in [0.15, 0.2) is 0 Å². The maximum atomic E-state index is 11.8. The fraction of sp³-hybridized carbons (Fsp3) is 0.786. The van der Waals surface area contributed by atoms with E-state index in [4.69, 9.17) is 9.47 Å². The molecule has 0 bridgehead atoms. The first kappa shape index (κ1) is 13.6. The van der Waals surface area contributed by atoms with Gasteiger partial charge in [-0.25, -0.2) is 4.79 Å². The van der Waals surface area contributed by atoms with Crippen LogP contribution in [0.25, 0.3) is 0 Å². The van der Waals surface area contributed by atoms with E-state index in [9.17, 15) is 4.79 Å². The van der Waals surface area contributed by atoms with Crippen molar-refractivity contribution < 1.29 is 14.3 Å². The number of fused-ring (bicyclic) bond motifs is 1. The van der Waals surface area contributed by atoms with Crippen molar-refractivity contribution in [3.05, 3.63) is 11.6 Å². The van der Waals surface area contributed by atoms with Gasteiger partial charge < -0.3 is 14.8 Å². The van der Waals surface area contributed by atoms with Gasteiger partial charge in [0, 0.05) is 11.6 Å². The average molecular weight is 253 g/mol. The van der Waals surface area contributed by atoms with Gasteiger partial charge in [0.25, 0.3) is 0 Å². The molecular formula is C14H23NO3. The molecule has 1 fully saturated rings. The molecule has 0 aromatic carbocycles. The molecular weight excluding hydrogens is 230 g/mol. The molecule has 1 N–H and O–H groups in total. The highest BCUT2D eigenvalue weighted by Gasteiger charge is 2.47. The highest BCUT2D eigenvalue weighted by Crippen LogP contribution is 2.32. The Kier molecular flexibility index (Phi) is 4.40. The third-order valence-electron chi connectivity index (χ3n) is 3.69. The standard InChI is InChI=1S/C14H23NO3/c1-4-10(5-2)18-12-8-9(14(16)17-6-3)7-11-13(12)15-11/h8,10-13,15H,4-7H2,1-3H3/t11-,12-,13+/m1/s1.